The minimum absolute atomic E-state index is 0. The molecule has 39 heavy (non-hydrogen) atoms. The first-order valence-corrected chi connectivity index (χ1v) is 13.2. The Balaban J connectivity index is 0.000000200. The predicted molar refractivity (Wildman–Crippen MR) is 154 cm³/mol. The van der Waals surface area contributed by atoms with Crippen molar-refractivity contribution in [3.8, 4) is 16.9 Å². The molecule has 0 amide bonds. The van der Waals surface area contributed by atoms with Gasteiger partial charge in [0.25, 0.3) is 0 Å². The maximum atomic E-state index is 4.22. The number of fused-ring (bicyclic) bond motifs is 3. The average Bonchev–Trinajstić information content (AvgIpc) is 3.31. The van der Waals surface area contributed by atoms with Crippen molar-refractivity contribution >= 4 is 21.8 Å². The third kappa shape index (κ3) is 4.95. The van der Waals surface area contributed by atoms with Gasteiger partial charge in [-0.25, -0.2) is 0 Å². The third-order valence-corrected chi connectivity index (χ3v) is 7.29. The van der Waals surface area contributed by atoms with Crippen LogP contribution in [0, 0.1) is 24.4 Å². The fourth-order valence-corrected chi connectivity index (χ4v) is 5.41. The summed E-state index contributed by atoms with van der Waals surface area (Å²) >= 11 is 0. The molecule has 1 aliphatic rings. The quantitative estimate of drug-likeness (QED) is 0.140. The van der Waals surface area contributed by atoms with Gasteiger partial charge in [0.2, 0.25) is 6.33 Å². The summed E-state index contributed by atoms with van der Waals surface area (Å²) in [7, 11) is 0. The number of aromatic nitrogens is 3. The molecule has 4 aromatic carbocycles. The molecule has 1 aliphatic heterocycles. The Hall–Kier alpha value is -3.59. The molecule has 0 spiro atoms. The van der Waals surface area contributed by atoms with Gasteiger partial charge in [-0.2, -0.15) is 0 Å². The Morgan fingerprint density at radius 1 is 0.897 bits per heavy atom. The molecule has 0 atom stereocenters. The second kappa shape index (κ2) is 10.9. The van der Waals surface area contributed by atoms with Crippen molar-refractivity contribution in [2.24, 2.45) is 5.92 Å². The van der Waals surface area contributed by atoms with Gasteiger partial charge in [0, 0.05) is 6.20 Å². The molecule has 0 unspecified atom stereocenters. The molecular formula is C35H31IrN3+. The molecule has 0 saturated carbocycles. The summed E-state index contributed by atoms with van der Waals surface area (Å²) < 4.78 is 4.51. The Labute approximate surface area is 244 Å². The fourth-order valence-electron chi connectivity index (χ4n) is 5.41. The maximum Gasteiger partial charge on any atom is 3.00 e. The number of pyridine rings is 1. The van der Waals surface area contributed by atoms with Crippen LogP contribution < -0.4 is 4.57 Å². The summed E-state index contributed by atoms with van der Waals surface area (Å²) in [5, 5.41) is 2.41. The number of hydrogen-bond acceptors (Lipinski definition) is 1. The van der Waals surface area contributed by atoms with Crippen LogP contribution in [0.2, 0.25) is 0 Å². The number of hydrogen-bond donors (Lipinski definition) is 0. The molecule has 0 saturated heterocycles. The minimum atomic E-state index is -0.0623. The van der Waals surface area contributed by atoms with Crippen molar-refractivity contribution in [2.45, 2.75) is 39.7 Å². The summed E-state index contributed by atoms with van der Waals surface area (Å²) in [5.41, 5.74) is 8.31. The molecule has 0 fully saturated rings. The molecule has 2 aromatic heterocycles. The van der Waals surface area contributed by atoms with E-state index in [-0.39, 0.29) is 25.5 Å². The normalized spacial score (nSPS) is 12.9. The minimum Gasteiger partial charge on any atom is -0.335 e. The first-order chi connectivity index (χ1) is 18.4. The van der Waals surface area contributed by atoms with E-state index < -0.39 is 0 Å². The summed E-state index contributed by atoms with van der Waals surface area (Å²) in [6.45, 7) is 10.1. The fraction of sp³-hybridized carbons (Fsp3) is 0.200. The summed E-state index contributed by atoms with van der Waals surface area (Å²) in [6, 6.07) is 38.0. The van der Waals surface area contributed by atoms with Crippen molar-refractivity contribution in [1.29, 1.82) is 0 Å². The van der Waals surface area contributed by atoms with E-state index in [1.807, 2.05) is 42.5 Å². The smallest absolute Gasteiger partial charge is 0.335 e. The van der Waals surface area contributed by atoms with E-state index in [0.29, 0.717) is 5.92 Å². The molecule has 7 rings (SSSR count). The Morgan fingerprint density at radius 2 is 1.69 bits per heavy atom. The zero-order valence-corrected chi connectivity index (χ0v) is 25.1. The van der Waals surface area contributed by atoms with Crippen LogP contribution in [-0.4, -0.2) is 9.55 Å². The van der Waals surface area contributed by atoms with Crippen LogP contribution in [0.25, 0.3) is 38.8 Å². The van der Waals surface area contributed by atoms with Crippen molar-refractivity contribution in [1.82, 2.24) is 9.55 Å². The van der Waals surface area contributed by atoms with Gasteiger partial charge < -0.3 is 14.1 Å². The molecule has 3 heterocycles. The van der Waals surface area contributed by atoms with Crippen LogP contribution in [0.4, 0.5) is 0 Å². The number of rotatable bonds is 3. The first-order valence-electron chi connectivity index (χ1n) is 13.2. The number of benzene rings is 4. The van der Waals surface area contributed by atoms with Crippen LogP contribution in [0.15, 0.2) is 97.2 Å². The van der Waals surface area contributed by atoms with Crippen LogP contribution >= 0.6 is 0 Å². The van der Waals surface area contributed by atoms with Crippen molar-refractivity contribution in [3.63, 3.8) is 0 Å². The van der Waals surface area contributed by atoms with Crippen molar-refractivity contribution < 1.29 is 24.7 Å². The van der Waals surface area contributed by atoms with E-state index in [1.165, 1.54) is 27.5 Å². The molecule has 6 aromatic rings. The molecule has 3 nitrogen and oxygen atoms in total. The monoisotopic (exact) mass is 686 g/mol. The largest absolute Gasteiger partial charge is 3.00 e. The van der Waals surface area contributed by atoms with Gasteiger partial charge >= 0.3 is 20.1 Å². The maximum absolute atomic E-state index is 4.22. The van der Waals surface area contributed by atoms with Gasteiger partial charge in [0.1, 0.15) is 0 Å². The van der Waals surface area contributed by atoms with Gasteiger partial charge in [0.05, 0.1) is 17.6 Å². The summed E-state index contributed by atoms with van der Waals surface area (Å²) in [4.78, 5) is 4.22. The molecule has 0 radical (unpaired) electrons. The average molecular weight is 686 g/mol. The number of imidazole rings is 1. The summed E-state index contributed by atoms with van der Waals surface area (Å²) in [6.07, 6.45) is 5.41. The Kier molecular flexibility index (Phi) is 7.53. The standard InChI is InChI=1S/C24H23N2.C11H8N.Ir/c1-16(2)14-25-15-26-22-13-18-9-6-5-8-17(18)12-20(22)24(3,4)19-10-7-11-21(25)23(19)26;1-2-6-10(7-3-1)11-8-4-5-9-12-11;/h5-12,16H,14H2,1-4H3;1-6,8-9H;/q2*-1;+3. The van der Waals surface area contributed by atoms with E-state index in [9.17, 15) is 0 Å². The van der Waals surface area contributed by atoms with Gasteiger partial charge in [-0.3, -0.25) is 0 Å². The Bertz CT molecular complexity index is 1700. The van der Waals surface area contributed by atoms with E-state index in [4.69, 9.17) is 0 Å². The molecule has 194 valence electrons. The second-order valence-electron chi connectivity index (χ2n) is 10.8. The SMILES string of the molecule is CC(C)Cn1[c-][n+]2c3c(cccc31)C(C)(C)c1cc3ccccc3[c-]c1-2.[Ir+3].[c-]1ccccc1-c1ccccn1. The van der Waals surface area contributed by atoms with Crippen molar-refractivity contribution in [3.05, 3.63) is 127 Å². The van der Waals surface area contributed by atoms with Crippen LogP contribution in [0.1, 0.15) is 38.8 Å². The van der Waals surface area contributed by atoms with Crippen LogP contribution in [0.3, 0.4) is 0 Å². The first kappa shape index (κ1) is 27.0. The topological polar surface area (TPSA) is 21.7 Å². The zero-order chi connectivity index (χ0) is 26.3. The summed E-state index contributed by atoms with van der Waals surface area (Å²) in [5.74, 6) is 0.577. The number of para-hydroxylation sites is 1. The van der Waals surface area contributed by atoms with Crippen LogP contribution in [-0.2, 0) is 32.1 Å². The van der Waals surface area contributed by atoms with E-state index in [1.54, 1.807) is 6.20 Å². The van der Waals surface area contributed by atoms with E-state index in [0.717, 1.165) is 28.9 Å². The van der Waals surface area contributed by atoms with Gasteiger partial charge in [-0.05, 0) is 34.3 Å². The second-order valence-corrected chi connectivity index (χ2v) is 10.8. The van der Waals surface area contributed by atoms with Gasteiger partial charge in [-0.1, -0.05) is 70.2 Å². The zero-order valence-electron chi connectivity index (χ0n) is 22.7. The number of nitrogens with zero attached hydrogens (tertiary/aromatic N) is 3. The Morgan fingerprint density at radius 3 is 2.44 bits per heavy atom. The van der Waals surface area contributed by atoms with E-state index >= 15 is 0 Å². The predicted octanol–water partition coefficient (Wildman–Crippen LogP) is 7.51. The molecule has 0 bridgehead atoms. The molecule has 4 heteroatoms. The van der Waals surface area contributed by atoms with Gasteiger partial charge in [0.15, 0.2) is 0 Å². The molecular weight excluding hydrogens is 655 g/mol. The van der Waals surface area contributed by atoms with Gasteiger partial charge in [-0.15, -0.1) is 76.5 Å². The van der Waals surface area contributed by atoms with Crippen molar-refractivity contribution in [2.75, 3.05) is 0 Å². The van der Waals surface area contributed by atoms with Crippen LogP contribution in [0.5, 0.6) is 0 Å². The molecule has 0 aliphatic carbocycles. The molecule has 0 N–H and O–H groups in total. The van der Waals surface area contributed by atoms with E-state index in [2.05, 4.69) is 109 Å². The third-order valence-electron chi connectivity index (χ3n) is 7.29.